The predicted octanol–water partition coefficient (Wildman–Crippen LogP) is 3.28. The maximum atomic E-state index is 12.4. The summed E-state index contributed by atoms with van der Waals surface area (Å²) in [7, 11) is 0. The molecule has 0 aromatic heterocycles. The first-order valence-electron chi connectivity index (χ1n) is 8.56. The minimum Gasteiger partial charge on any atom is -0.362 e. The summed E-state index contributed by atoms with van der Waals surface area (Å²) in [5, 5.41) is 5.75. The van der Waals surface area contributed by atoms with E-state index >= 15 is 0 Å². The van der Waals surface area contributed by atoms with Gasteiger partial charge in [0.2, 0.25) is 11.8 Å². The fourth-order valence-electron chi connectivity index (χ4n) is 2.91. The third-order valence-corrected chi connectivity index (χ3v) is 4.26. The number of hydrogen-bond donors (Lipinski definition) is 2. The van der Waals surface area contributed by atoms with Crippen LogP contribution >= 0.6 is 0 Å². The van der Waals surface area contributed by atoms with Crippen molar-refractivity contribution >= 4 is 28.9 Å². The van der Waals surface area contributed by atoms with E-state index in [4.69, 9.17) is 0 Å². The van der Waals surface area contributed by atoms with Gasteiger partial charge in [0.15, 0.2) is 0 Å². The van der Waals surface area contributed by atoms with Crippen molar-refractivity contribution in [2.45, 2.75) is 20.3 Å². The van der Waals surface area contributed by atoms with E-state index in [1.807, 2.05) is 44.2 Å². The standard InChI is InChI=1S/C20H23N3O2/c1-14(2)20(25)22-17-8-5-7-16(12-17)21-19(24)13-23-11-10-15-6-3-4-9-18(15)23/h3-9,12,14H,10-11,13H2,1-2H3,(H,21,24)(H,22,25). The van der Waals surface area contributed by atoms with Gasteiger partial charge in [0.1, 0.15) is 0 Å². The number of benzene rings is 2. The summed E-state index contributed by atoms with van der Waals surface area (Å²) >= 11 is 0. The number of rotatable bonds is 5. The van der Waals surface area contributed by atoms with Gasteiger partial charge >= 0.3 is 0 Å². The highest BCUT2D eigenvalue weighted by molar-refractivity contribution is 5.96. The molecule has 0 unspecified atom stereocenters. The van der Waals surface area contributed by atoms with E-state index in [1.54, 1.807) is 6.07 Å². The molecule has 0 saturated carbocycles. The van der Waals surface area contributed by atoms with Crippen LogP contribution in [0, 0.1) is 5.92 Å². The molecule has 1 aliphatic rings. The molecule has 0 radical (unpaired) electrons. The van der Waals surface area contributed by atoms with Crippen molar-refractivity contribution in [2.75, 3.05) is 28.6 Å². The Morgan fingerprint density at radius 3 is 2.52 bits per heavy atom. The first kappa shape index (κ1) is 17.0. The quantitative estimate of drug-likeness (QED) is 0.880. The van der Waals surface area contributed by atoms with Gasteiger partial charge in [-0.3, -0.25) is 9.59 Å². The topological polar surface area (TPSA) is 61.4 Å². The molecule has 0 bridgehead atoms. The Labute approximate surface area is 148 Å². The molecule has 0 spiro atoms. The van der Waals surface area contributed by atoms with Crippen LogP contribution in [0.15, 0.2) is 48.5 Å². The zero-order chi connectivity index (χ0) is 17.8. The van der Waals surface area contributed by atoms with E-state index in [9.17, 15) is 9.59 Å². The van der Waals surface area contributed by atoms with Crippen molar-refractivity contribution in [3.05, 3.63) is 54.1 Å². The van der Waals surface area contributed by atoms with Gasteiger partial charge in [-0.1, -0.05) is 38.1 Å². The van der Waals surface area contributed by atoms with E-state index in [0.717, 1.165) is 18.7 Å². The maximum absolute atomic E-state index is 12.4. The molecule has 2 aromatic rings. The molecule has 1 aliphatic heterocycles. The zero-order valence-electron chi connectivity index (χ0n) is 14.6. The van der Waals surface area contributed by atoms with Crippen molar-refractivity contribution in [3.8, 4) is 0 Å². The summed E-state index contributed by atoms with van der Waals surface area (Å²) in [5.74, 6) is -0.199. The lowest BCUT2D eigenvalue weighted by Crippen LogP contribution is -2.31. The van der Waals surface area contributed by atoms with Crippen LogP contribution in [0.5, 0.6) is 0 Å². The van der Waals surface area contributed by atoms with Crippen LogP contribution < -0.4 is 15.5 Å². The molecule has 2 amide bonds. The van der Waals surface area contributed by atoms with Crippen molar-refractivity contribution in [2.24, 2.45) is 5.92 Å². The van der Waals surface area contributed by atoms with E-state index in [2.05, 4.69) is 27.7 Å². The van der Waals surface area contributed by atoms with Crippen LogP contribution in [-0.2, 0) is 16.0 Å². The summed E-state index contributed by atoms with van der Waals surface area (Å²) in [6, 6.07) is 15.4. The van der Waals surface area contributed by atoms with E-state index in [-0.39, 0.29) is 17.7 Å². The summed E-state index contributed by atoms with van der Waals surface area (Å²) < 4.78 is 0. The zero-order valence-corrected chi connectivity index (χ0v) is 14.6. The third kappa shape index (κ3) is 4.18. The molecular formula is C20H23N3O2. The summed E-state index contributed by atoms with van der Waals surface area (Å²) in [6.07, 6.45) is 0.972. The molecule has 130 valence electrons. The Balaban J connectivity index is 1.61. The van der Waals surface area contributed by atoms with Gasteiger partial charge in [-0.2, -0.15) is 0 Å². The van der Waals surface area contributed by atoms with Gasteiger partial charge in [-0.15, -0.1) is 0 Å². The molecule has 0 atom stereocenters. The van der Waals surface area contributed by atoms with Gasteiger partial charge < -0.3 is 15.5 Å². The average molecular weight is 337 g/mol. The highest BCUT2D eigenvalue weighted by atomic mass is 16.2. The van der Waals surface area contributed by atoms with Crippen LogP contribution in [0.2, 0.25) is 0 Å². The number of nitrogens with one attached hydrogen (secondary N) is 2. The van der Waals surface area contributed by atoms with Crippen LogP contribution in [0.4, 0.5) is 17.1 Å². The minimum absolute atomic E-state index is 0.0443. The molecule has 5 nitrogen and oxygen atoms in total. The second-order valence-electron chi connectivity index (χ2n) is 6.57. The molecule has 3 rings (SSSR count). The van der Waals surface area contributed by atoms with Crippen molar-refractivity contribution < 1.29 is 9.59 Å². The van der Waals surface area contributed by atoms with Crippen molar-refractivity contribution in [1.29, 1.82) is 0 Å². The molecule has 0 fully saturated rings. The average Bonchev–Trinajstić information content (AvgIpc) is 2.98. The molecule has 0 saturated heterocycles. The summed E-state index contributed by atoms with van der Waals surface area (Å²) in [6.45, 7) is 4.86. The fraction of sp³-hybridized carbons (Fsp3) is 0.300. The van der Waals surface area contributed by atoms with Gasteiger partial charge in [0, 0.05) is 29.5 Å². The van der Waals surface area contributed by atoms with Gasteiger partial charge in [0.25, 0.3) is 0 Å². The molecule has 1 heterocycles. The first-order chi connectivity index (χ1) is 12.0. The highest BCUT2D eigenvalue weighted by Crippen LogP contribution is 2.27. The number of nitrogens with zero attached hydrogens (tertiary/aromatic N) is 1. The minimum atomic E-state index is -0.0894. The van der Waals surface area contributed by atoms with Crippen molar-refractivity contribution in [3.63, 3.8) is 0 Å². The molecule has 2 aromatic carbocycles. The van der Waals surface area contributed by atoms with Crippen LogP contribution in [0.25, 0.3) is 0 Å². The lowest BCUT2D eigenvalue weighted by atomic mass is 10.2. The second kappa shape index (κ2) is 7.38. The van der Waals surface area contributed by atoms with Gasteiger partial charge in [0.05, 0.1) is 6.54 Å². The van der Waals surface area contributed by atoms with Crippen LogP contribution in [0.1, 0.15) is 19.4 Å². The lowest BCUT2D eigenvalue weighted by molar-refractivity contribution is -0.119. The number of hydrogen-bond acceptors (Lipinski definition) is 3. The Morgan fingerprint density at radius 1 is 1.04 bits per heavy atom. The number of carbonyl (C=O) groups excluding carboxylic acids is 2. The number of para-hydroxylation sites is 1. The third-order valence-electron chi connectivity index (χ3n) is 4.26. The normalized spacial score (nSPS) is 12.8. The van der Waals surface area contributed by atoms with Gasteiger partial charge in [-0.25, -0.2) is 0 Å². The van der Waals surface area contributed by atoms with Crippen LogP contribution in [0.3, 0.4) is 0 Å². The van der Waals surface area contributed by atoms with Gasteiger partial charge in [-0.05, 0) is 36.2 Å². The molecular weight excluding hydrogens is 314 g/mol. The molecule has 2 N–H and O–H groups in total. The van der Waals surface area contributed by atoms with E-state index in [0.29, 0.717) is 17.9 Å². The summed E-state index contributed by atoms with van der Waals surface area (Å²) in [5.41, 5.74) is 3.78. The molecule has 25 heavy (non-hydrogen) atoms. The summed E-state index contributed by atoms with van der Waals surface area (Å²) in [4.78, 5) is 26.3. The Morgan fingerprint density at radius 2 is 1.76 bits per heavy atom. The Bertz CT molecular complexity index is 786. The number of amides is 2. The van der Waals surface area contributed by atoms with Crippen molar-refractivity contribution in [1.82, 2.24) is 0 Å². The second-order valence-corrected chi connectivity index (χ2v) is 6.57. The Hall–Kier alpha value is -2.82. The largest absolute Gasteiger partial charge is 0.362 e. The monoisotopic (exact) mass is 337 g/mol. The molecule has 5 heteroatoms. The SMILES string of the molecule is CC(C)C(=O)Nc1cccc(NC(=O)CN2CCc3ccccc32)c1. The fourth-order valence-corrected chi connectivity index (χ4v) is 2.91. The Kier molecular flexibility index (Phi) is 5.03. The lowest BCUT2D eigenvalue weighted by Gasteiger charge is -2.19. The van der Waals surface area contributed by atoms with Crippen LogP contribution in [-0.4, -0.2) is 24.9 Å². The first-order valence-corrected chi connectivity index (χ1v) is 8.56. The number of carbonyl (C=O) groups is 2. The highest BCUT2D eigenvalue weighted by Gasteiger charge is 2.20. The smallest absolute Gasteiger partial charge is 0.243 e. The predicted molar refractivity (Wildman–Crippen MR) is 101 cm³/mol. The van der Waals surface area contributed by atoms with E-state index < -0.39 is 0 Å². The maximum Gasteiger partial charge on any atom is 0.243 e. The number of fused-ring (bicyclic) bond motifs is 1. The van der Waals surface area contributed by atoms with E-state index in [1.165, 1.54) is 5.56 Å². The molecule has 0 aliphatic carbocycles. The number of anilines is 3.